The van der Waals surface area contributed by atoms with E-state index in [1.807, 2.05) is 13.8 Å². The molecule has 0 saturated carbocycles. The maximum absolute atomic E-state index is 6.67. The number of benzene rings is 2. The Kier molecular flexibility index (Phi) is 9.49. The Morgan fingerprint density at radius 3 is 2.44 bits per heavy atom. The molecule has 2 aromatic rings. The van der Waals surface area contributed by atoms with E-state index in [1.165, 1.54) is 10.5 Å². The first-order valence-corrected chi connectivity index (χ1v) is 13.4. The number of nitrogens with zero attached hydrogens (tertiary/aromatic N) is 2. The van der Waals surface area contributed by atoms with E-state index in [9.17, 15) is 0 Å². The molecule has 184 valence electrons. The SMILES string of the molecule is CCOC1=N[C@](C)(CCCc2ccc(Sc3cccc(C)c3)cc2Cl)C(OCC)=N[C@H]1C(C)C. The molecule has 0 N–H and O–H groups in total. The summed E-state index contributed by atoms with van der Waals surface area (Å²) >= 11 is 8.41. The molecule has 0 spiro atoms. The molecule has 3 rings (SSSR count). The molecule has 0 radical (unpaired) electrons. The van der Waals surface area contributed by atoms with Gasteiger partial charge in [-0.2, -0.15) is 0 Å². The monoisotopic (exact) mass is 500 g/mol. The summed E-state index contributed by atoms with van der Waals surface area (Å²) in [6.07, 6.45) is 2.60. The van der Waals surface area contributed by atoms with Crippen LogP contribution in [0.25, 0.3) is 0 Å². The minimum Gasteiger partial charge on any atom is -0.480 e. The van der Waals surface area contributed by atoms with E-state index in [0.29, 0.717) is 25.0 Å². The van der Waals surface area contributed by atoms with Crippen LogP contribution in [0.15, 0.2) is 62.2 Å². The van der Waals surface area contributed by atoms with Crippen molar-refractivity contribution >= 4 is 35.2 Å². The van der Waals surface area contributed by atoms with Gasteiger partial charge in [0, 0.05) is 14.8 Å². The number of hydrogen-bond donors (Lipinski definition) is 0. The molecule has 0 saturated heterocycles. The highest BCUT2D eigenvalue weighted by Crippen LogP contribution is 2.33. The summed E-state index contributed by atoms with van der Waals surface area (Å²) < 4.78 is 11.9. The van der Waals surface area contributed by atoms with Crippen LogP contribution in [0.5, 0.6) is 0 Å². The average Bonchev–Trinajstić information content (AvgIpc) is 2.77. The highest BCUT2D eigenvalue weighted by molar-refractivity contribution is 7.99. The molecular weight excluding hydrogens is 464 g/mol. The van der Waals surface area contributed by atoms with Crippen LogP contribution >= 0.6 is 23.4 Å². The Hall–Kier alpha value is -1.98. The lowest BCUT2D eigenvalue weighted by molar-refractivity contribution is 0.255. The zero-order chi connectivity index (χ0) is 24.7. The van der Waals surface area contributed by atoms with Crippen molar-refractivity contribution in [2.24, 2.45) is 15.9 Å². The van der Waals surface area contributed by atoms with Gasteiger partial charge in [-0.15, -0.1) is 0 Å². The van der Waals surface area contributed by atoms with Gasteiger partial charge in [0.2, 0.25) is 11.8 Å². The molecule has 34 heavy (non-hydrogen) atoms. The van der Waals surface area contributed by atoms with Crippen LogP contribution in [0.3, 0.4) is 0 Å². The molecule has 6 heteroatoms. The molecule has 2 aromatic carbocycles. The van der Waals surface area contributed by atoms with Crippen LogP contribution < -0.4 is 0 Å². The van der Waals surface area contributed by atoms with E-state index < -0.39 is 5.54 Å². The lowest BCUT2D eigenvalue weighted by Gasteiger charge is -2.34. The van der Waals surface area contributed by atoms with E-state index in [4.69, 9.17) is 31.1 Å². The fourth-order valence-electron chi connectivity index (χ4n) is 4.10. The number of ether oxygens (including phenoxy) is 2. The molecule has 0 amide bonds. The molecule has 0 aliphatic carbocycles. The van der Waals surface area contributed by atoms with E-state index in [1.54, 1.807) is 11.8 Å². The van der Waals surface area contributed by atoms with Gasteiger partial charge < -0.3 is 9.47 Å². The summed E-state index contributed by atoms with van der Waals surface area (Å²) in [5.41, 5.74) is 1.88. The van der Waals surface area contributed by atoms with Crippen molar-refractivity contribution in [2.75, 3.05) is 13.2 Å². The Balaban J connectivity index is 1.69. The molecular formula is C28H37ClN2O2S. The van der Waals surface area contributed by atoms with Crippen molar-refractivity contribution in [3.63, 3.8) is 0 Å². The second kappa shape index (κ2) is 12.1. The first kappa shape index (κ1) is 26.6. The Morgan fingerprint density at radius 1 is 1.06 bits per heavy atom. The maximum Gasteiger partial charge on any atom is 0.212 e. The zero-order valence-electron chi connectivity index (χ0n) is 21.2. The van der Waals surface area contributed by atoms with Gasteiger partial charge in [-0.1, -0.05) is 61.0 Å². The van der Waals surface area contributed by atoms with Gasteiger partial charge in [-0.3, -0.25) is 0 Å². The average molecular weight is 501 g/mol. The maximum atomic E-state index is 6.67. The van der Waals surface area contributed by atoms with Gasteiger partial charge in [0.05, 0.1) is 13.2 Å². The van der Waals surface area contributed by atoms with Gasteiger partial charge in [0.25, 0.3) is 0 Å². The molecule has 1 aliphatic rings. The van der Waals surface area contributed by atoms with Gasteiger partial charge in [0.1, 0.15) is 11.6 Å². The minimum absolute atomic E-state index is 0.0949. The molecule has 0 bridgehead atoms. The second-order valence-electron chi connectivity index (χ2n) is 9.24. The predicted molar refractivity (Wildman–Crippen MR) is 145 cm³/mol. The van der Waals surface area contributed by atoms with Gasteiger partial charge in [-0.25, -0.2) is 9.98 Å². The quantitative estimate of drug-likeness (QED) is 0.353. The Labute approximate surface area is 214 Å². The van der Waals surface area contributed by atoms with E-state index in [0.717, 1.165) is 40.6 Å². The third-order valence-electron chi connectivity index (χ3n) is 5.89. The van der Waals surface area contributed by atoms with Crippen LogP contribution in [0.2, 0.25) is 5.02 Å². The van der Waals surface area contributed by atoms with Crippen molar-refractivity contribution in [1.82, 2.24) is 0 Å². The predicted octanol–water partition coefficient (Wildman–Crippen LogP) is 7.79. The molecule has 1 aliphatic heterocycles. The normalized spacial score (nSPS) is 20.2. The summed E-state index contributed by atoms with van der Waals surface area (Å²) in [6, 6.07) is 14.8. The van der Waals surface area contributed by atoms with Gasteiger partial charge in [-0.05, 0) is 82.7 Å². The van der Waals surface area contributed by atoms with Gasteiger partial charge in [0.15, 0.2) is 0 Å². The van der Waals surface area contributed by atoms with Crippen LogP contribution in [-0.4, -0.2) is 36.6 Å². The van der Waals surface area contributed by atoms with Crippen molar-refractivity contribution in [3.8, 4) is 0 Å². The van der Waals surface area contributed by atoms with Crippen LogP contribution in [0, 0.1) is 12.8 Å². The van der Waals surface area contributed by atoms with Crippen molar-refractivity contribution in [2.45, 2.75) is 82.2 Å². The highest BCUT2D eigenvalue weighted by Gasteiger charge is 2.39. The molecule has 0 aromatic heterocycles. The van der Waals surface area contributed by atoms with Crippen molar-refractivity contribution in [1.29, 1.82) is 0 Å². The Morgan fingerprint density at radius 2 is 1.79 bits per heavy atom. The van der Waals surface area contributed by atoms with Crippen LogP contribution in [0.1, 0.15) is 58.6 Å². The molecule has 0 unspecified atom stereocenters. The lowest BCUT2D eigenvalue weighted by Crippen LogP contribution is -2.45. The molecule has 4 nitrogen and oxygen atoms in total. The second-order valence-corrected chi connectivity index (χ2v) is 10.8. The number of rotatable bonds is 9. The largest absolute Gasteiger partial charge is 0.480 e. The fraction of sp³-hybridized carbons (Fsp3) is 0.500. The summed E-state index contributed by atoms with van der Waals surface area (Å²) in [7, 11) is 0. The van der Waals surface area contributed by atoms with E-state index in [-0.39, 0.29) is 6.04 Å². The van der Waals surface area contributed by atoms with Crippen molar-refractivity contribution in [3.05, 3.63) is 58.6 Å². The summed E-state index contributed by atoms with van der Waals surface area (Å²) in [6.45, 7) is 13.6. The van der Waals surface area contributed by atoms with Crippen LogP contribution in [0.4, 0.5) is 0 Å². The topological polar surface area (TPSA) is 43.2 Å². The fourth-order valence-corrected chi connectivity index (χ4v) is 5.42. The van der Waals surface area contributed by atoms with Crippen molar-refractivity contribution < 1.29 is 9.47 Å². The smallest absolute Gasteiger partial charge is 0.212 e. The molecule has 0 fully saturated rings. The lowest BCUT2D eigenvalue weighted by atomic mass is 9.91. The minimum atomic E-state index is -0.528. The summed E-state index contributed by atoms with van der Waals surface area (Å²) in [5, 5.41) is 0.809. The van der Waals surface area contributed by atoms with E-state index in [2.05, 4.69) is 70.2 Å². The molecule has 2 atom stereocenters. The highest BCUT2D eigenvalue weighted by atomic mass is 35.5. The third kappa shape index (κ3) is 6.79. The number of aliphatic imine (C=N–C) groups is 2. The zero-order valence-corrected chi connectivity index (χ0v) is 22.8. The first-order valence-electron chi connectivity index (χ1n) is 12.2. The number of aryl methyl sites for hydroxylation is 2. The standard InChI is InChI=1S/C28H37ClN2O2S/c1-7-32-26-25(19(3)4)30-27(33-8-2)28(6,31-26)16-10-12-21-14-15-23(18-24(21)29)34-22-13-9-11-20(5)17-22/h9,11,13-15,17-19,25H,7-8,10,12,16H2,1-6H3/t25-,28+/m0/s1. The van der Waals surface area contributed by atoms with Crippen LogP contribution in [-0.2, 0) is 15.9 Å². The molecule has 1 heterocycles. The Bertz CT molecular complexity index is 1040. The first-order chi connectivity index (χ1) is 16.3. The third-order valence-corrected chi connectivity index (χ3v) is 7.22. The summed E-state index contributed by atoms with van der Waals surface area (Å²) in [4.78, 5) is 12.3. The number of hydrogen-bond acceptors (Lipinski definition) is 5. The van der Waals surface area contributed by atoms with Gasteiger partial charge >= 0.3 is 0 Å². The summed E-state index contributed by atoms with van der Waals surface area (Å²) in [5.74, 6) is 1.73. The van der Waals surface area contributed by atoms with E-state index >= 15 is 0 Å². The number of halogens is 1.